The SMILES string of the molecule is C=C1Cc2ccc3c(c2N1C)c1ccccc1n3CCN(CC)CC.CCN(CC)CCCn1c2ccc(C)cc2c2cc([N+](=O)[O-])ccc21.CCN(CC)CCn1c2ccc(C(C)=O)cc2c2cc(-c3cccc(C)n3)ccc21.CNCCCn1c2ccc(C)cc2c2cc([N+](=O)[O-])ccc21.Cc1ccc2c(c1)c1cc([N+](=O)[O-])ccc1n2CCCN1CCCC1. The van der Waals surface area contributed by atoms with Crippen molar-refractivity contribution in [2.75, 3.05) is 104 Å². The number of hydrogen-bond acceptors (Lipinski definition) is 14. The lowest BCUT2D eigenvalue weighted by Crippen LogP contribution is -2.26. The van der Waals surface area contributed by atoms with Crippen molar-refractivity contribution in [2.24, 2.45) is 0 Å². The van der Waals surface area contributed by atoms with Crippen LogP contribution in [0.4, 0.5) is 22.7 Å². The van der Waals surface area contributed by atoms with Gasteiger partial charge in [-0.15, -0.1) is 0 Å². The van der Waals surface area contributed by atoms with E-state index in [0.29, 0.717) is 0 Å². The van der Waals surface area contributed by atoms with Crippen molar-refractivity contribution < 1.29 is 19.6 Å². The second-order valence-corrected chi connectivity index (χ2v) is 34.0. The zero-order valence-corrected chi connectivity index (χ0v) is 76.3. The van der Waals surface area contributed by atoms with E-state index in [2.05, 4.69) is 243 Å². The predicted molar refractivity (Wildman–Crippen MR) is 527 cm³/mol. The second kappa shape index (κ2) is 40.9. The zero-order valence-electron chi connectivity index (χ0n) is 76.3. The number of aromatic nitrogens is 6. The number of aryl methyl sites for hydroxylation is 7. The molecule has 1 N–H and O–H groups in total. The molecule has 0 aliphatic carbocycles. The van der Waals surface area contributed by atoms with Gasteiger partial charge in [-0.3, -0.25) is 40.1 Å². The van der Waals surface area contributed by atoms with Crippen molar-refractivity contribution in [3.05, 3.63) is 276 Å². The van der Waals surface area contributed by atoms with Crippen molar-refractivity contribution in [3.8, 4) is 11.3 Å². The minimum Gasteiger partial charge on any atom is -0.348 e. The average Bonchev–Trinajstić information content (AvgIpc) is 1.56. The smallest absolute Gasteiger partial charge is 0.270 e. The lowest BCUT2D eigenvalue weighted by molar-refractivity contribution is -0.384. The van der Waals surface area contributed by atoms with E-state index in [9.17, 15) is 35.1 Å². The van der Waals surface area contributed by atoms with Crippen LogP contribution >= 0.6 is 0 Å². The molecule has 6 aromatic heterocycles. The van der Waals surface area contributed by atoms with Gasteiger partial charge in [0.25, 0.3) is 17.1 Å². The van der Waals surface area contributed by atoms with E-state index in [1.807, 2.05) is 63.4 Å². The maximum absolute atomic E-state index is 12.0. The molecule has 0 bridgehead atoms. The third-order valence-corrected chi connectivity index (χ3v) is 26.0. The van der Waals surface area contributed by atoms with E-state index in [4.69, 9.17) is 4.98 Å². The third-order valence-electron chi connectivity index (χ3n) is 26.0. The number of non-ortho nitro benzene ring substituents is 3. The number of allylic oxidation sites excluding steroid dienone is 1. The Hall–Kier alpha value is -12.4. The number of Topliss-reactive ketones (excluding diaryl/α,β-unsaturated/α-hetero) is 1. The molecule has 1 fully saturated rings. The van der Waals surface area contributed by atoms with Crippen LogP contribution in [0.5, 0.6) is 0 Å². The van der Waals surface area contributed by atoms with Crippen LogP contribution in [0, 0.1) is 58.0 Å². The number of hydrogen-bond donors (Lipinski definition) is 1. The summed E-state index contributed by atoms with van der Waals surface area (Å²) in [5.74, 6) is 0.0949. The number of carbonyl (C=O) groups is 1. The number of nitro benzene ring substituents is 3. The topological polar surface area (TPSA) is 212 Å². The molecule has 8 heterocycles. The summed E-state index contributed by atoms with van der Waals surface area (Å²) in [5.41, 5.74) is 23.5. The van der Waals surface area contributed by atoms with Crippen LogP contribution in [0.2, 0.25) is 0 Å². The molecule has 2 aliphatic rings. The van der Waals surface area contributed by atoms with Gasteiger partial charge in [0, 0.05) is 222 Å². The van der Waals surface area contributed by atoms with Gasteiger partial charge >= 0.3 is 0 Å². The summed E-state index contributed by atoms with van der Waals surface area (Å²) in [4.78, 5) is 61.3. The molecule has 0 spiro atoms. The molecule has 22 heteroatoms. The molecule has 16 aromatic rings. The molecule has 2 aliphatic heterocycles. The Balaban J connectivity index is 0.000000129. The standard InChI is InChI=1S/C26H29N3O.C22H27N3.C20H23N3O2.C20H25N3O2.C17H19N3O2/c1-5-28(6-2)14-15-29-25-12-10-20(19(4)30)16-22(25)23-17-21(11-13-26(23)29)24-9-7-8-18(3)27-24;1-5-24(6-2)13-14-25-19-10-8-7-9-18(19)21-20(25)12-11-17-15-16(3)23(4)22(17)21;1-15-5-7-19-17(13-15)18-14-16(23(24)25)6-8-20(18)22(19)12-4-11-21-9-2-3-10-21;1-4-21(5-2)11-6-12-22-19-9-7-15(3)13-17(19)18-14-16(23(24)25)8-10-20(18)22;1-12-4-6-16-14(10-12)15-11-13(20(21)22)5-7-17(15)19(16)9-3-8-18-2/h7-13,16-17H,5-6,14-15H2,1-4H3;7-12H,3,5-6,13-15H2,1-2,4H3;5-8,13-14H,2-4,9-12H2,1H3;7-10,13-14H,4-6,11-12H2,1-3H3;4-7,10-11,18H,3,8-9H2,1-2H3. The van der Waals surface area contributed by atoms with Gasteiger partial charge in [-0.1, -0.05) is 119 Å². The molecule has 660 valence electrons. The molecule has 0 saturated carbocycles. The minimum absolute atomic E-state index is 0.0949. The number of rotatable bonds is 29. The van der Waals surface area contributed by atoms with Crippen LogP contribution < -0.4 is 10.2 Å². The predicted octanol–water partition coefficient (Wildman–Crippen LogP) is 23.2. The van der Waals surface area contributed by atoms with Gasteiger partial charge in [-0.2, -0.15) is 0 Å². The number of ketones is 1. The first kappa shape index (κ1) is 90.8. The van der Waals surface area contributed by atoms with Crippen LogP contribution in [-0.2, 0) is 39.1 Å². The fourth-order valence-electron chi connectivity index (χ4n) is 19.0. The monoisotopic (exact) mass is 1710 g/mol. The number of likely N-dealkylation sites (N-methyl/N-ethyl adjacent to an activating group) is 3. The first-order chi connectivity index (χ1) is 61.5. The molecule has 22 nitrogen and oxygen atoms in total. The largest absolute Gasteiger partial charge is 0.348 e. The molecule has 0 amide bonds. The van der Waals surface area contributed by atoms with Crippen LogP contribution in [0.1, 0.15) is 119 Å². The summed E-state index contributed by atoms with van der Waals surface area (Å²) < 4.78 is 11.8. The number of fused-ring (bicyclic) bond motifs is 17. The fraction of sp³-hybridized carbons (Fsp3) is 0.352. The van der Waals surface area contributed by atoms with Gasteiger partial charge in [0.15, 0.2) is 5.78 Å². The lowest BCUT2D eigenvalue weighted by Gasteiger charge is -2.19. The molecule has 0 atom stereocenters. The van der Waals surface area contributed by atoms with Crippen LogP contribution in [0.15, 0.2) is 212 Å². The van der Waals surface area contributed by atoms with Crippen LogP contribution in [0.3, 0.4) is 0 Å². The number of benzene rings is 10. The first-order valence-corrected chi connectivity index (χ1v) is 45.5. The third kappa shape index (κ3) is 19.7. The second-order valence-electron chi connectivity index (χ2n) is 34.0. The Morgan fingerprint density at radius 3 is 1.30 bits per heavy atom. The quantitative estimate of drug-likeness (QED) is 0.0200. The highest BCUT2D eigenvalue weighted by Gasteiger charge is 2.27. The average molecular weight is 1710 g/mol. The van der Waals surface area contributed by atoms with E-state index in [1.54, 1.807) is 43.3 Å². The number of pyridine rings is 1. The lowest BCUT2D eigenvalue weighted by atomic mass is 10.0. The number of likely N-dealkylation sites (tertiary alicyclic amines) is 1. The van der Waals surface area contributed by atoms with Crippen molar-refractivity contribution >= 4 is 138 Å². The maximum atomic E-state index is 12.0. The summed E-state index contributed by atoms with van der Waals surface area (Å²) in [7, 11) is 4.09. The Morgan fingerprint density at radius 2 is 0.827 bits per heavy atom. The maximum Gasteiger partial charge on any atom is 0.270 e. The molecule has 18 rings (SSSR count). The normalized spacial score (nSPS) is 12.9. The number of anilines is 1. The van der Waals surface area contributed by atoms with E-state index >= 15 is 0 Å². The highest BCUT2D eigenvalue weighted by Crippen LogP contribution is 2.45. The molecular formula is C105H123N15O7. The van der Waals surface area contributed by atoms with Crippen LogP contribution in [-0.4, -0.2) is 167 Å². The summed E-state index contributed by atoms with van der Waals surface area (Å²) in [6.45, 7) is 46.1. The minimum atomic E-state index is -0.334. The molecule has 1 saturated heterocycles. The number of nitrogens with one attached hydrogen (secondary N) is 1. The number of para-hydroxylation sites is 1. The van der Waals surface area contributed by atoms with Crippen molar-refractivity contribution in [1.82, 2.24) is 52.7 Å². The summed E-state index contributed by atoms with van der Waals surface area (Å²) in [5, 5.41) is 47.8. The highest BCUT2D eigenvalue weighted by molar-refractivity contribution is 6.17. The fourth-order valence-corrected chi connectivity index (χ4v) is 19.0. The van der Waals surface area contributed by atoms with Gasteiger partial charge in [0.1, 0.15) is 0 Å². The Bertz CT molecular complexity index is 6580. The number of nitrogens with zero attached hydrogens (tertiary/aromatic N) is 14. The number of carbonyl (C=O) groups excluding carboxylic acids is 1. The Kier molecular flexibility index (Phi) is 29.2. The Labute approximate surface area is 744 Å². The van der Waals surface area contributed by atoms with Gasteiger partial charge in [0.05, 0.1) is 31.7 Å². The summed E-state index contributed by atoms with van der Waals surface area (Å²) in [6.07, 6.45) is 6.77. The van der Waals surface area contributed by atoms with Crippen molar-refractivity contribution in [1.29, 1.82) is 0 Å². The molecule has 0 radical (unpaired) electrons. The molecular weight excluding hydrogens is 1580 g/mol. The van der Waals surface area contributed by atoms with Crippen molar-refractivity contribution in [3.63, 3.8) is 0 Å². The zero-order chi connectivity index (χ0) is 89.9. The van der Waals surface area contributed by atoms with Gasteiger partial charge in [0.2, 0.25) is 0 Å². The summed E-state index contributed by atoms with van der Waals surface area (Å²) in [6, 6.07) is 66.8. The van der Waals surface area contributed by atoms with Gasteiger partial charge < -0.3 is 52.7 Å². The van der Waals surface area contributed by atoms with Gasteiger partial charge in [-0.25, -0.2) is 0 Å². The van der Waals surface area contributed by atoms with E-state index in [-0.39, 0.29) is 37.6 Å². The van der Waals surface area contributed by atoms with E-state index < -0.39 is 0 Å². The van der Waals surface area contributed by atoms with Crippen molar-refractivity contribution in [2.45, 2.75) is 147 Å². The Morgan fingerprint density at radius 1 is 0.425 bits per heavy atom. The number of nitro groups is 3. The van der Waals surface area contributed by atoms with Crippen LogP contribution in [0.25, 0.3) is 120 Å². The van der Waals surface area contributed by atoms with E-state index in [1.165, 1.54) is 97.7 Å². The molecule has 10 aromatic carbocycles. The molecule has 0 unspecified atom stereocenters. The summed E-state index contributed by atoms with van der Waals surface area (Å²) >= 11 is 0. The first-order valence-electron chi connectivity index (χ1n) is 45.5. The van der Waals surface area contributed by atoms with E-state index in [0.717, 1.165) is 224 Å². The van der Waals surface area contributed by atoms with Gasteiger partial charge in [-0.05, 0) is 261 Å². The highest BCUT2D eigenvalue weighted by atomic mass is 16.6. The molecule has 127 heavy (non-hydrogen) atoms.